The number of ketones is 1. The van der Waals surface area contributed by atoms with Gasteiger partial charge in [-0.15, -0.1) is 0 Å². The topological polar surface area (TPSA) is 283 Å². The van der Waals surface area contributed by atoms with Crippen LogP contribution in [0.4, 0.5) is 0 Å². The lowest BCUT2D eigenvalue weighted by Crippen LogP contribution is -2.60. The van der Waals surface area contributed by atoms with Gasteiger partial charge in [0.2, 0.25) is 0 Å². The van der Waals surface area contributed by atoms with Gasteiger partial charge in [0.15, 0.2) is 24.7 Å². The van der Waals surface area contributed by atoms with Crippen molar-refractivity contribution < 1.29 is 72.8 Å². The molecule has 0 radical (unpaired) electrons. The summed E-state index contributed by atoms with van der Waals surface area (Å²) in [7, 11) is 0. The lowest BCUT2D eigenvalue weighted by molar-refractivity contribution is -0.339. The molecule has 1 amide bonds. The zero-order valence-electron chi connectivity index (χ0n) is 46.6. The summed E-state index contributed by atoms with van der Waals surface area (Å²) in [5.74, 6) is -5.41. The van der Waals surface area contributed by atoms with E-state index in [-0.39, 0.29) is 72.1 Å². The Kier molecular flexibility index (Phi) is 14.7. The summed E-state index contributed by atoms with van der Waals surface area (Å²) in [4.78, 5) is 61.9. The van der Waals surface area contributed by atoms with Gasteiger partial charge >= 0.3 is 11.9 Å². The van der Waals surface area contributed by atoms with Gasteiger partial charge in [0.1, 0.15) is 40.4 Å². The van der Waals surface area contributed by atoms with E-state index in [1.54, 1.807) is 32.9 Å². The number of allylic oxidation sites excluding steroid dienone is 3. The van der Waals surface area contributed by atoms with Crippen molar-refractivity contribution in [1.29, 1.82) is 0 Å². The van der Waals surface area contributed by atoms with Crippen molar-refractivity contribution in [2.45, 2.75) is 211 Å². The summed E-state index contributed by atoms with van der Waals surface area (Å²) in [5.41, 5.74) is 3.21. The van der Waals surface area contributed by atoms with Crippen LogP contribution in [-0.4, -0.2) is 139 Å². The fourth-order valence-electron chi connectivity index (χ4n) is 15.6. The monoisotopic (exact) mass is 1100 g/mol. The van der Waals surface area contributed by atoms with Crippen LogP contribution >= 0.6 is 0 Å². The number of fused-ring (bicyclic) bond motifs is 8. The molecule has 3 bridgehead atoms. The number of benzene rings is 1. The van der Waals surface area contributed by atoms with Crippen molar-refractivity contribution in [3.63, 3.8) is 0 Å². The van der Waals surface area contributed by atoms with E-state index < -0.39 is 125 Å². The molecular formula is C60H80N4O15. The summed E-state index contributed by atoms with van der Waals surface area (Å²) >= 11 is 0. The number of hydrogen-bond donors (Lipinski definition) is 8. The highest BCUT2D eigenvalue weighted by atomic mass is 16.7. The lowest BCUT2D eigenvalue weighted by atomic mass is 9.52. The molecule has 1 aromatic carbocycles. The van der Waals surface area contributed by atoms with E-state index in [2.05, 4.69) is 21.4 Å². The second kappa shape index (κ2) is 20.8. The number of carboxylic acid groups (broad SMARTS) is 1. The zero-order chi connectivity index (χ0) is 56.2. The van der Waals surface area contributed by atoms with Gasteiger partial charge in [-0.25, -0.2) is 9.59 Å². The highest BCUT2D eigenvalue weighted by Crippen LogP contribution is 2.59. The minimum absolute atomic E-state index is 0.0366. The summed E-state index contributed by atoms with van der Waals surface area (Å²) in [6.45, 7) is 14.7. The van der Waals surface area contributed by atoms with Crippen molar-refractivity contribution in [3.05, 3.63) is 71.2 Å². The number of nitrogens with one attached hydrogen (secondary N) is 3. The highest BCUT2D eigenvalue weighted by molar-refractivity contribution is 6.29. The Morgan fingerprint density at radius 2 is 1.57 bits per heavy atom. The number of carbonyl (C=O) groups excluding carboxylic acids is 3. The summed E-state index contributed by atoms with van der Waals surface area (Å²) in [6.07, 6.45) is 3.77. The molecular weight excluding hydrogens is 1020 g/mol. The van der Waals surface area contributed by atoms with Crippen molar-refractivity contribution in [2.75, 3.05) is 0 Å². The van der Waals surface area contributed by atoms with Crippen LogP contribution < -0.4 is 11.1 Å². The predicted molar refractivity (Wildman–Crippen MR) is 288 cm³/mol. The molecule has 9 N–H and O–H groups in total. The molecule has 1 saturated carbocycles. The Bertz CT molecular complexity index is 2960. The smallest absolute Gasteiger partial charge is 0.355 e. The third kappa shape index (κ3) is 9.79. The van der Waals surface area contributed by atoms with E-state index in [0.29, 0.717) is 44.2 Å². The van der Waals surface area contributed by atoms with Crippen molar-refractivity contribution in [1.82, 2.24) is 15.3 Å². The van der Waals surface area contributed by atoms with Gasteiger partial charge in [-0.3, -0.25) is 9.59 Å². The molecule has 8 aliphatic rings. The maximum Gasteiger partial charge on any atom is 0.355 e. The average molecular weight is 1100 g/mol. The number of amides is 1. The van der Waals surface area contributed by atoms with Gasteiger partial charge in [-0.2, -0.15) is 0 Å². The van der Waals surface area contributed by atoms with E-state index in [1.807, 2.05) is 65.0 Å². The largest absolute Gasteiger partial charge is 0.511 e. The second-order valence-corrected chi connectivity index (χ2v) is 25.3. The number of aliphatic hydroxyl groups is 3. The van der Waals surface area contributed by atoms with E-state index in [9.17, 15) is 39.6 Å². The Hall–Kier alpha value is -4.96. The van der Waals surface area contributed by atoms with Crippen LogP contribution in [0.3, 0.4) is 0 Å². The van der Waals surface area contributed by atoms with E-state index >= 15 is 0 Å². The molecule has 4 saturated heterocycles. The van der Waals surface area contributed by atoms with Crippen LogP contribution in [-0.2, 0) is 47.5 Å². The Balaban J connectivity index is 0.730. The minimum Gasteiger partial charge on any atom is -0.511 e. The van der Waals surface area contributed by atoms with Crippen molar-refractivity contribution in [2.24, 2.45) is 46.2 Å². The van der Waals surface area contributed by atoms with Crippen molar-refractivity contribution in [3.8, 4) is 0 Å². The maximum atomic E-state index is 15.0. The number of nitrogens with two attached hydrogens (primary N) is 1. The SMILES string of the molecule is CC[C@@H]1C[C@@]2(C)C=C(C(=O)O)[C@@H](C)[C@]3(C2)NC(=O)/C(=C(\O)[C@]2(C)[C@H](C=C[C@H]4[C@@H](O[C@@H]5CC[C@H](O[C@H]6C[C@](C)(O)[C@H](O[C@H]7C[C@@H](OC(=O)c8cc9c([nH]8)[nH]c8ccccc89)[C@@H](N)[C@@H](C)O7)[C@@H](C)O6)[C@H](C)O5)CCC[C@@H]42)C[C@H]1O)C3=O. The molecule has 430 valence electrons. The average Bonchev–Trinajstić information content (AvgIpc) is 3.90. The Morgan fingerprint density at radius 3 is 2.30 bits per heavy atom. The number of carbonyl (C=O) groups is 4. The molecule has 19 heteroatoms. The first-order valence-corrected chi connectivity index (χ1v) is 28.8. The standard InChI is InChI=1S/C60H80N4O15/c1-9-32-24-57(6)25-37(55(69)70)28(2)60(27-57)51(67)48(54(68)64-60)50(66)59(8)33(21-41(32)65)17-18-35-38(59)14-12-16-43(35)77-45-20-19-42(29(3)73-45)76-47-26-58(7,72)52(31(5)75-47)79-46-23-44(49(61)30(4)74-46)78-56(71)40-22-36-34-13-10-11-15-39(34)62-53(36)63-40/h10-11,13,15,17-18,22,25,28-33,35,38,41-47,49,52,62-63,65-66,72H,9,12,14,16,19-21,23-24,26-27,61H2,1-8H3,(H,64,68)(H,69,70)/b50-48-/t28-,29+,30-,31-,32-,33-,35-,38+,41-,42+,43+,44-,45-,46+,47+,49+,52-,57+,58+,59-,60+/m1/s1. The number of esters is 1. The van der Waals surface area contributed by atoms with Crippen LogP contribution in [0.25, 0.3) is 21.9 Å². The Labute approximate surface area is 460 Å². The van der Waals surface area contributed by atoms with Crippen LogP contribution in [0.5, 0.6) is 0 Å². The van der Waals surface area contributed by atoms with E-state index in [1.165, 1.54) is 0 Å². The molecule has 2 aromatic heterocycles. The van der Waals surface area contributed by atoms with Gasteiger partial charge in [0, 0.05) is 58.4 Å². The van der Waals surface area contributed by atoms with Gasteiger partial charge in [-0.1, -0.05) is 77.0 Å². The van der Waals surface area contributed by atoms with E-state index in [4.69, 9.17) is 38.9 Å². The third-order valence-electron chi connectivity index (χ3n) is 19.9. The quantitative estimate of drug-likeness (QED) is 0.0562. The second-order valence-electron chi connectivity index (χ2n) is 25.3. The number of aliphatic hydroxyl groups excluding tert-OH is 2. The molecule has 11 rings (SSSR count). The van der Waals surface area contributed by atoms with Crippen molar-refractivity contribution >= 4 is 45.6 Å². The number of aliphatic carboxylic acids is 1. The predicted octanol–water partition coefficient (Wildman–Crippen LogP) is 7.30. The molecule has 6 heterocycles. The molecule has 79 heavy (non-hydrogen) atoms. The summed E-state index contributed by atoms with van der Waals surface area (Å²) in [6, 6.07) is 8.98. The van der Waals surface area contributed by atoms with Crippen LogP contribution in [0.1, 0.15) is 137 Å². The molecule has 1 spiro atoms. The zero-order valence-corrected chi connectivity index (χ0v) is 46.6. The number of para-hydroxylation sites is 1. The first-order chi connectivity index (χ1) is 37.4. The first kappa shape index (κ1) is 55.9. The number of carboxylic acids is 1. The van der Waals surface area contributed by atoms with E-state index in [0.717, 1.165) is 22.7 Å². The number of Topliss-reactive ketones (excluding diaryl/α,β-unsaturated/α-hetero) is 1. The minimum atomic E-state index is -1.58. The lowest BCUT2D eigenvalue weighted by Gasteiger charge is -2.53. The maximum absolute atomic E-state index is 15.0. The highest BCUT2D eigenvalue weighted by Gasteiger charge is 2.63. The number of ether oxygens (including phenoxy) is 7. The number of aromatic nitrogens is 2. The fourth-order valence-corrected chi connectivity index (χ4v) is 15.6. The number of aromatic amines is 2. The van der Waals surface area contributed by atoms with Crippen LogP contribution in [0, 0.1) is 40.4 Å². The number of H-pyrrole nitrogens is 2. The van der Waals surface area contributed by atoms with Gasteiger partial charge in [-0.05, 0) is 102 Å². The normalized spacial score (nSPS) is 44.5. The molecule has 3 aromatic rings. The molecule has 5 fully saturated rings. The summed E-state index contributed by atoms with van der Waals surface area (Å²) in [5, 5.41) is 52.0. The summed E-state index contributed by atoms with van der Waals surface area (Å²) < 4.78 is 45.0. The van der Waals surface area contributed by atoms with Gasteiger partial charge < -0.3 is 74.6 Å². The van der Waals surface area contributed by atoms with Gasteiger partial charge in [0.05, 0.1) is 48.3 Å². The Morgan fingerprint density at radius 1 is 0.835 bits per heavy atom. The molecule has 0 unspecified atom stereocenters. The fraction of sp³-hybridized carbons (Fsp3) is 0.667. The van der Waals surface area contributed by atoms with Gasteiger partial charge in [0.25, 0.3) is 5.91 Å². The number of rotatable bonds is 10. The van der Waals surface area contributed by atoms with Crippen LogP contribution in [0.15, 0.2) is 65.5 Å². The molecule has 21 atom stereocenters. The molecule has 4 aliphatic carbocycles. The third-order valence-corrected chi connectivity index (χ3v) is 19.9. The first-order valence-electron chi connectivity index (χ1n) is 28.8. The number of hydrogen-bond acceptors (Lipinski definition) is 15. The van der Waals surface area contributed by atoms with Crippen LogP contribution in [0.2, 0.25) is 0 Å². The molecule has 19 nitrogen and oxygen atoms in total. The molecule has 4 aliphatic heterocycles.